The third-order valence-corrected chi connectivity index (χ3v) is 2.61. The van der Waals surface area contributed by atoms with Gasteiger partial charge in [-0.25, -0.2) is 0 Å². The van der Waals surface area contributed by atoms with Gasteiger partial charge >= 0.3 is 29.6 Å². The third-order valence-electron chi connectivity index (χ3n) is 2.61. The van der Waals surface area contributed by atoms with Crippen molar-refractivity contribution in [3.05, 3.63) is 0 Å². The molecule has 31 heavy (non-hydrogen) atoms. The van der Waals surface area contributed by atoms with E-state index in [0.717, 1.165) is 0 Å². The van der Waals surface area contributed by atoms with E-state index in [0.29, 0.717) is 6.54 Å². The van der Waals surface area contributed by atoms with Gasteiger partial charge in [-0.05, 0) is 20.9 Å². The Labute approximate surface area is 214 Å². The normalized spacial score (nSPS) is 9.45. The van der Waals surface area contributed by atoms with Crippen LogP contribution in [0.15, 0.2) is 0 Å². The Kier molecular flexibility index (Phi) is 66.2. The SMILES string of the molecule is CC.CC.CC.CC.CC.CCNC(=O)CC(NC(=O)C(CC(=O)[O-])NC)C(C)=O.[Na+]. The standard InChI is InChI=1S/C12H21N3O5.5C2H6.Na/c1-4-14-10(17)5-8(7(2)16)15-12(20)9(13-3)6-11(18)19;5*1-2;/h8-9,13H,4-6H2,1-3H3,(H,14,17)(H,15,20)(H,18,19);5*1-2H3;/q;;;;;;+1/p-1. The van der Waals surface area contributed by atoms with Crippen molar-refractivity contribution in [3.63, 3.8) is 0 Å². The van der Waals surface area contributed by atoms with Crippen LogP contribution >= 0.6 is 0 Å². The zero-order valence-electron chi connectivity index (χ0n) is 22.8. The number of ketones is 1. The number of amides is 2. The van der Waals surface area contributed by atoms with Crippen molar-refractivity contribution in [2.24, 2.45) is 0 Å². The first-order chi connectivity index (χ1) is 14.3. The van der Waals surface area contributed by atoms with Crippen molar-refractivity contribution in [2.75, 3.05) is 13.6 Å². The summed E-state index contributed by atoms with van der Waals surface area (Å²) in [5.41, 5.74) is 0. The van der Waals surface area contributed by atoms with E-state index >= 15 is 0 Å². The fourth-order valence-electron chi connectivity index (χ4n) is 1.52. The van der Waals surface area contributed by atoms with Gasteiger partial charge in [0, 0.05) is 18.9 Å². The Bertz CT molecular complexity index is 395. The number of hydrogen-bond acceptors (Lipinski definition) is 6. The molecule has 2 atom stereocenters. The van der Waals surface area contributed by atoms with Crippen LogP contribution in [0, 0.1) is 0 Å². The van der Waals surface area contributed by atoms with E-state index in [9.17, 15) is 24.3 Å². The zero-order valence-corrected chi connectivity index (χ0v) is 24.8. The molecule has 0 aliphatic rings. The topological polar surface area (TPSA) is 127 Å². The fraction of sp³-hybridized carbons (Fsp3) is 0.818. The van der Waals surface area contributed by atoms with Crippen LogP contribution < -0.4 is 50.6 Å². The number of carbonyl (C=O) groups is 4. The molecule has 0 aromatic heterocycles. The molecule has 0 bridgehead atoms. The number of likely N-dealkylation sites (N-methyl/N-ethyl adjacent to an activating group) is 1. The van der Waals surface area contributed by atoms with Crippen LogP contribution in [-0.4, -0.2) is 49.2 Å². The maximum Gasteiger partial charge on any atom is 1.00 e. The summed E-state index contributed by atoms with van der Waals surface area (Å²) in [5, 5.41) is 17.9. The van der Waals surface area contributed by atoms with E-state index in [1.165, 1.54) is 14.0 Å². The van der Waals surface area contributed by atoms with Gasteiger partial charge in [0.2, 0.25) is 11.8 Å². The number of nitrogens with one attached hydrogen (secondary N) is 3. The first kappa shape index (κ1) is 47.7. The molecule has 184 valence electrons. The Morgan fingerprint density at radius 3 is 1.42 bits per heavy atom. The Balaban J connectivity index is -0.0000000912. The van der Waals surface area contributed by atoms with Gasteiger partial charge in [-0.15, -0.1) is 0 Å². The van der Waals surface area contributed by atoms with Crippen LogP contribution in [0.25, 0.3) is 0 Å². The molecular formula is C22H50N3NaO5. The number of Topliss-reactive ketones (excluding diaryl/α,β-unsaturated/α-hetero) is 1. The zero-order chi connectivity index (χ0) is 25.7. The number of carboxylic acid groups (broad SMARTS) is 1. The van der Waals surface area contributed by atoms with Gasteiger partial charge in [0.05, 0.1) is 18.5 Å². The number of aliphatic carboxylic acids is 1. The second kappa shape index (κ2) is 43.0. The molecule has 2 amide bonds. The third kappa shape index (κ3) is 36.7. The van der Waals surface area contributed by atoms with E-state index in [2.05, 4.69) is 16.0 Å². The average Bonchev–Trinajstić information content (AvgIpc) is 2.78. The van der Waals surface area contributed by atoms with E-state index in [-0.39, 0.29) is 47.7 Å². The van der Waals surface area contributed by atoms with E-state index in [1.807, 2.05) is 69.2 Å². The quantitative estimate of drug-likeness (QED) is 0.397. The minimum atomic E-state index is -1.39. The summed E-state index contributed by atoms with van der Waals surface area (Å²) in [5.74, 6) is -2.80. The molecular weight excluding hydrogens is 409 g/mol. The second-order valence-corrected chi connectivity index (χ2v) is 4.25. The first-order valence-corrected chi connectivity index (χ1v) is 11.3. The molecule has 0 aliphatic heterocycles. The largest absolute Gasteiger partial charge is 1.00 e. The minimum Gasteiger partial charge on any atom is -0.550 e. The molecule has 0 aliphatic carbocycles. The molecule has 0 saturated carbocycles. The number of hydrogen-bond donors (Lipinski definition) is 3. The maximum absolute atomic E-state index is 11.8. The average molecular weight is 460 g/mol. The molecule has 9 heteroatoms. The van der Waals surface area contributed by atoms with Crippen LogP contribution in [0.5, 0.6) is 0 Å². The summed E-state index contributed by atoms with van der Waals surface area (Å²) in [7, 11) is 1.42. The van der Waals surface area contributed by atoms with E-state index in [1.54, 1.807) is 6.92 Å². The number of carboxylic acids is 1. The predicted molar refractivity (Wildman–Crippen MR) is 125 cm³/mol. The van der Waals surface area contributed by atoms with Gasteiger partial charge in [-0.2, -0.15) is 0 Å². The molecule has 3 N–H and O–H groups in total. The monoisotopic (exact) mass is 459 g/mol. The van der Waals surface area contributed by atoms with Crippen LogP contribution in [0.3, 0.4) is 0 Å². The second-order valence-electron chi connectivity index (χ2n) is 4.25. The van der Waals surface area contributed by atoms with Crippen LogP contribution in [0.4, 0.5) is 0 Å². The van der Waals surface area contributed by atoms with Gasteiger partial charge in [-0.3, -0.25) is 14.4 Å². The van der Waals surface area contributed by atoms with Crippen LogP contribution in [0.1, 0.15) is 95.9 Å². The van der Waals surface area contributed by atoms with E-state index < -0.39 is 30.4 Å². The maximum atomic E-state index is 11.8. The molecule has 0 heterocycles. The molecule has 0 rings (SSSR count). The first-order valence-electron chi connectivity index (χ1n) is 11.3. The van der Waals surface area contributed by atoms with Gasteiger partial charge in [0.1, 0.15) is 0 Å². The molecule has 0 radical (unpaired) electrons. The summed E-state index contributed by atoms with van der Waals surface area (Å²) >= 11 is 0. The van der Waals surface area contributed by atoms with Crippen molar-refractivity contribution in [1.82, 2.24) is 16.0 Å². The van der Waals surface area contributed by atoms with Crippen LogP contribution in [0.2, 0.25) is 0 Å². The number of rotatable bonds is 9. The van der Waals surface area contributed by atoms with Crippen molar-refractivity contribution in [1.29, 1.82) is 0 Å². The summed E-state index contributed by atoms with van der Waals surface area (Å²) in [6, 6.07) is -2.00. The van der Waals surface area contributed by atoms with Crippen molar-refractivity contribution in [2.45, 2.75) is 108 Å². The van der Waals surface area contributed by atoms with Crippen LogP contribution in [-0.2, 0) is 19.2 Å². The van der Waals surface area contributed by atoms with Gasteiger partial charge in [0.15, 0.2) is 5.78 Å². The molecule has 0 aromatic carbocycles. The van der Waals surface area contributed by atoms with Crippen molar-refractivity contribution in [3.8, 4) is 0 Å². The number of carbonyl (C=O) groups excluding carboxylic acids is 4. The summed E-state index contributed by atoms with van der Waals surface area (Å²) in [6.45, 7) is 23.4. The smallest absolute Gasteiger partial charge is 0.550 e. The summed E-state index contributed by atoms with van der Waals surface area (Å²) in [4.78, 5) is 45.1. The Morgan fingerprint density at radius 1 is 0.774 bits per heavy atom. The molecule has 0 fully saturated rings. The van der Waals surface area contributed by atoms with Crippen molar-refractivity contribution >= 4 is 23.6 Å². The Hall–Kier alpha value is -0.960. The van der Waals surface area contributed by atoms with Crippen molar-refractivity contribution < 1.29 is 53.8 Å². The van der Waals surface area contributed by atoms with E-state index in [4.69, 9.17) is 0 Å². The predicted octanol–water partition coefficient (Wildman–Crippen LogP) is -0.551. The van der Waals surface area contributed by atoms with Gasteiger partial charge in [0.25, 0.3) is 0 Å². The van der Waals surface area contributed by atoms with Gasteiger partial charge in [-0.1, -0.05) is 69.2 Å². The van der Waals surface area contributed by atoms with Gasteiger partial charge < -0.3 is 25.9 Å². The molecule has 0 saturated heterocycles. The summed E-state index contributed by atoms with van der Waals surface area (Å²) in [6.07, 6.45) is -0.704. The summed E-state index contributed by atoms with van der Waals surface area (Å²) < 4.78 is 0. The Morgan fingerprint density at radius 2 is 1.16 bits per heavy atom. The molecule has 2 unspecified atom stereocenters. The molecule has 0 spiro atoms. The molecule has 8 nitrogen and oxygen atoms in total. The fourth-order valence-corrected chi connectivity index (χ4v) is 1.52. The molecule has 0 aromatic rings. The minimum absolute atomic E-state index is 0.